The maximum atomic E-state index is 13.6. The summed E-state index contributed by atoms with van der Waals surface area (Å²) in [5, 5.41) is 15.0. The zero-order valence-electron chi connectivity index (χ0n) is 16.0. The molecule has 0 saturated carbocycles. The zero-order chi connectivity index (χ0) is 21.4. The maximum absolute atomic E-state index is 13.6. The lowest BCUT2D eigenvalue weighted by Crippen LogP contribution is -2.93. The monoisotopic (exact) mass is 408 g/mol. The molecule has 156 valence electrons. The molecule has 29 heavy (non-hydrogen) atoms. The van der Waals surface area contributed by atoms with Crippen LogP contribution in [0.1, 0.15) is 12.0 Å². The number of benzene rings is 2. The Morgan fingerprint density at radius 2 is 1.83 bits per heavy atom. The molecular formula is C20H22F2N2O5. The normalized spacial score (nSPS) is 11.6. The molecule has 0 bridgehead atoms. The number of halogens is 2. The highest BCUT2D eigenvalue weighted by molar-refractivity contribution is 5.93. The highest BCUT2D eigenvalue weighted by Crippen LogP contribution is 2.27. The number of aliphatic carboxylic acids is 1. The number of rotatable bonds is 10. The molecule has 0 radical (unpaired) electrons. The Morgan fingerprint density at radius 3 is 2.45 bits per heavy atom. The highest BCUT2D eigenvalue weighted by atomic mass is 19.1. The van der Waals surface area contributed by atoms with Crippen LogP contribution in [0.25, 0.3) is 0 Å². The SMILES string of the molecule is COc1ccc(CC[NH2+][C@@H](CC(=O)Nc2ccc(F)cc2F)C(=O)[O-])cc1OC. The molecule has 2 rings (SSSR count). The van der Waals surface area contributed by atoms with Gasteiger partial charge in [0, 0.05) is 12.5 Å². The minimum Gasteiger partial charge on any atom is -0.544 e. The molecule has 0 aliphatic heterocycles. The fourth-order valence-electron chi connectivity index (χ4n) is 2.74. The van der Waals surface area contributed by atoms with Gasteiger partial charge in [-0.3, -0.25) is 4.79 Å². The smallest absolute Gasteiger partial charge is 0.230 e. The molecular weight excluding hydrogens is 386 g/mol. The molecule has 2 aromatic rings. The largest absolute Gasteiger partial charge is 0.544 e. The van der Waals surface area contributed by atoms with E-state index in [1.807, 2.05) is 6.07 Å². The van der Waals surface area contributed by atoms with Crippen molar-refractivity contribution < 1.29 is 38.3 Å². The van der Waals surface area contributed by atoms with E-state index < -0.39 is 36.0 Å². The minimum absolute atomic E-state index is 0.223. The Bertz CT molecular complexity index is 876. The van der Waals surface area contributed by atoms with Gasteiger partial charge in [0.2, 0.25) is 5.91 Å². The molecule has 0 aliphatic rings. The number of nitrogens with one attached hydrogen (secondary N) is 1. The first-order valence-corrected chi connectivity index (χ1v) is 8.84. The maximum Gasteiger partial charge on any atom is 0.230 e. The predicted molar refractivity (Wildman–Crippen MR) is 98.4 cm³/mol. The second-order valence-electron chi connectivity index (χ2n) is 6.27. The van der Waals surface area contributed by atoms with E-state index in [4.69, 9.17) is 9.47 Å². The van der Waals surface area contributed by atoms with Crippen LogP contribution < -0.4 is 25.2 Å². The van der Waals surface area contributed by atoms with Crippen LogP contribution in [0.5, 0.6) is 11.5 Å². The van der Waals surface area contributed by atoms with Crippen molar-refractivity contribution in [1.29, 1.82) is 0 Å². The Kier molecular flexibility index (Phi) is 7.90. The van der Waals surface area contributed by atoms with E-state index in [1.165, 1.54) is 19.5 Å². The molecule has 0 saturated heterocycles. The van der Waals surface area contributed by atoms with E-state index in [0.717, 1.165) is 17.7 Å². The number of nitrogens with two attached hydrogens (primary N) is 1. The van der Waals surface area contributed by atoms with Crippen LogP contribution in [0, 0.1) is 11.6 Å². The van der Waals surface area contributed by atoms with Crippen LogP contribution in [-0.4, -0.2) is 38.7 Å². The quantitative estimate of drug-likeness (QED) is 0.586. The van der Waals surface area contributed by atoms with E-state index in [-0.39, 0.29) is 5.69 Å². The molecule has 0 heterocycles. The first-order valence-electron chi connectivity index (χ1n) is 8.84. The molecule has 0 unspecified atom stereocenters. The fourth-order valence-corrected chi connectivity index (χ4v) is 2.74. The van der Waals surface area contributed by atoms with Gasteiger partial charge in [0.25, 0.3) is 0 Å². The lowest BCUT2D eigenvalue weighted by Gasteiger charge is -2.17. The lowest BCUT2D eigenvalue weighted by atomic mass is 10.1. The van der Waals surface area contributed by atoms with Gasteiger partial charge < -0.3 is 30.0 Å². The molecule has 1 atom stereocenters. The first-order chi connectivity index (χ1) is 13.8. The molecule has 0 aromatic heterocycles. The Labute approximate surface area is 166 Å². The summed E-state index contributed by atoms with van der Waals surface area (Å²) in [5.41, 5.74) is 0.674. The van der Waals surface area contributed by atoms with Crippen molar-refractivity contribution >= 4 is 17.6 Å². The summed E-state index contributed by atoms with van der Waals surface area (Å²) < 4.78 is 36.9. The van der Waals surface area contributed by atoms with Crippen molar-refractivity contribution in [2.45, 2.75) is 18.9 Å². The molecule has 9 heteroatoms. The van der Waals surface area contributed by atoms with Gasteiger partial charge in [-0.15, -0.1) is 0 Å². The van der Waals surface area contributed by atoms with Crippen LogP contribution in [0.2, 0.25) is 0 Å². The van der Waals surface area contributed by atoms with Crippen LogP contribution in [-0.2, 0) is 16.0 Å². The summed E-state index contributed by atoms with van der Waals surface area (Å²) in [4.78, 5) is 23.4. The fraction of sp³-hybridized carbons (Fsp3) is 0.300. The van der Waals surface area contributed by atoms with Crippen molar-refractivity contribution in [2.75, 3.05) is 26.1 Å². The summed E-state index contributed by atoms with van der Waals surface area (Å²) in [6.07, 6.45) is 0.0867. The van der Waals surface area contributed by atoms with Crippen LogP contribution in [0.15, 0.2) is 36.4 Å². The van der Waals surface area contributed by atoms with Crippen molar-refractivity contribution in [2.24, 2.45) is 0 Å². The highest BCUT2D eigenvalue weighted by Gasteiger charge is 2.19. The summed E-state index contributed by atoms with van der Waals surface area (Å²) in [7, 11) is 3.04. The van der Waals surface area contributed by atoms with Crippen molar-refractivity contribution in [3.63, 3.8) is 0 Å². The summed E-state index contributed by atoms with van der Waals surface area (Å²) in [6, 6.07) is 6.88. The van der Waals surface area contributed by atoms with E-state index in [9.17, 15) is 23.5 Å². The standard InChI is InChI=1S/C20H22F2N2O5/c1-28-17-6-3-12(9-18(17)29-2)7-8-23-16(20(26)27)11-19(25)24-15-5-4-13(21)10-14(15)22/h3-6,9-10,16,23H,7-8,11H2,1-2H3,(H,24,25)(H,26,27)/t16-/m0/s1. The third-order valence-corrected chi connectivity index (χ3v) is 4.25. The first kappa shape index (κ1) is 22.1. The number of methoxy groups -OCH3 is 2. The van der Waals surface area contributed by atoms with Gasteiger partial charge in [-0.2, -0.15) is 0 Å². The Morgan fingerprint density at radius 1 is 1.10 bits per heavy atom. The van der Waals surface area contributed by atoms with Crippen molar-refractivity contribution in [3.8, 4) is 11.5 Å². The predicted octanol–water partition coefficient (Wildman–Crippen LogP) is 0.235. The second kappa shape index (κ2) is 10.4. The average molecular weight is 408 g/mol. The number of amides is 1. The molecule has 2 aromatic carbocycles. The average Bonchev–Trinajstić information content (AvgIpc) is 2.69. The zero-order valence-corrected chi connectivity index (χ0v) is 16.0. The summed E-state index contributed by atoms with van der Waals surface area (Å²) >= 11 is 0. The molecule has 0 spiro atoms. The van der Waals surface area contributed by atoms with Gasteiger partial charge >= 0.3 is 0 Å². The van der Waals surface area contributed by atoms with Gasteiger partial charge in [0.15, 0.2) is 11.5 Å². The van der Waals surface area contributed by atoms with E-state index in [1.54, 1.807) is 12.1 Å². The van der Waals surface area contributed by atoms with E-state index in [2.05, 4.69) is 5.32 Å². The Hall–Kier alpha value is -3.20. The number of carbonyl (C=O) groups excluding carboxylic acids is 2. The Balaban J connectivity index is 1.91. The van der Waals surface area contributed by atoms with Crippen molar-refractivity contribution in [3.05, 3.63) is 53.6 Å². The molecule has 0 fully saturated rings. The third kappa shape index (κ3) is 6.42. The lowest BCUT2D eigenvalue weighted by molar-refractivity contribution is -0.682. The van der Waals surface area contributed by atoms with Gasteiger partial charge in [-0.1, -0.05) is 6.07 Å². The minimum atomic E-state index is -1.41. The summed E-state index contributed by atoms with van der Waals surface area (Å²) in [5.74, 6) is -2.71. The topological polar surface area (TPSA) is 104 Å². The van der Waals surface area contributed by atoms with Crippen LogP contribution in [0.4, 0.5) is 14.5 Å². The molecule has 7 nitrogen and oxygen atoms in total. The molecule has 0 aliphatic carbocycles. The third-order valence-electron chi connectivity index (χ3n) is 4.25. The van der Waals surface area contributed by atoms with Gasteiger partial charge in [0.05, 0.1) is 38.8 Å². The number of hydrogen-bond donors (Lipinski definition) is 2. The van der Waals surface area contributed by atoms with Gasteiger partial charge in [-0.05, 0) is 29.8 Å². The van der Waals surface area contributed by atoms with Gasteiger partial charge in [0.1, 0.15) is 17.7 Å². The van der Waals surface area contributed by atoms with E-state index >= 15 is 0 Å². The number of carboxylic acids is 1. The number of anilines is 1. The second-order valence-corrected chi connectivity index (χ2v) is 6.27. The van der Waals surface area contributed by atoms with Crippen molar-refractivity contribution in [1.82, 2.24) is 0 Å². The number of ether oxygens (including phenoxy) is 2. The number of carbonyl (C=O) groups is 2. The van der Waals surface area contributed by atoms with Crippen LogP contribution >= 0.6 is 0 Å². The summed E-state index contributed by atoms with van der Waals surface area (Å²) in [6.45, 7) is 0.367. The number of hydrogen-bond acceptors (Lipinski definition) is 5. The molecule has 3 N–H and O–H groups in total. The van der Waals surface area contributed by atoms with Gasteiger partial charge in [-0.25, -0.2) is 8.78 Å². The number of carboxylic acid groups (broad SMARTS) is 1. The molecule has 1 amide bonds. The van der Waals surface area contributed by atoms with E-state index in [0.29, 0.717) is 30.5 Å². The van der Waals surface area contributed by atoms with Crippen LogP contribution in [0.3, 0.4) is 0 Å². The number of quaternary nitrogens is 1.